The molecule has 1 amide bonds. The van der Waals surface area contributed by atoms with Gasteiger partial charge in [-0.05, 0) is 29.8 Å². The van der Waals surface area contributed by atoms with Gasteiger partial charge in [0.2, 0.25) is 0 Å². The summed E-state index contributed by atoms with van der Waals surface area (Å²) in [6, 6.07) is 23.9. The third-order valence-electron chi connectivity index (χ3n) is 7.45. The Bertz CT molecular complexity index is 1300. The van der Waals surface area contributed by atoms with Gasteiger partial charge in [0, 0.05) is 50.3 Å². The molecule has 3 aromatic rings. The van der Waals surface area contributed by atoms with Crippen molar-refractivity contribution in [3.05, 3.63) is 89.5 Å². The zero-order valence-corrected chi connectivity index (χ0v) is 22.9. The fourth-order valence-corrected chi connectivity index (χ4v) is 5.33. The van der Waals surface area contributed by atoms with E-state index in [-0.39, 0.29) is 11.9 Å². The van der Waals surface area contributed by atoms with Crippen molar-refractivity contribution >= 4 is 11.6 Å². The van der Waals surface area contributed by atoms with Crippen LogP contribution in [0.25, 0.3) is 0 Å². The summed E-state index contributed by atoms with van der Waals surface area (Å²) < 4.78 is 16.6. The summed E-state index contributed by atoms with van der Waals surface area (Å²) in [7, 11) is 4.89. The van der Waals surface area contributed by atoms with Gasteiger partial charge < -0.3 is 14.2 Å². The van der Waals surface area contributed by atoms with Crippen molar-refractivity contribution in [2.75, 3.05) is 54.1 Å². The van der Waals surface area contributed by atoms with E-state index in [1.807, 2.05) is 48.5 Å². The predicted molar refractivity (Wildman–Crippen MR) is 151 cm³/mol. The first-order valence-electron chi connectivity index (χ1n) is 13.3. The van der Waals surface area contributed by atoms with Crippen LogP contribution in [-0.4, -0.2) is 80.5 Å². The Morgan fingerprint density at radius 2 is 1.46 bits per heavy atom. The van der Waals surface area contributed by atoms with Crippen LogP contribution < -0.4 is 14.2 Å². The summed E-state index contributed by atoms with van der Waals surface area (Å²) in [6.07, 6.45) is 0.576. The highest BCUT2D eigenvalue weighted by atomic mass is 16.5. The number of ether oxygens (including phenoxy) is 3. The van der Waals surface area contributed by atoms with Crippen molar-refractivity contribution in [2.45, 2.75) is 19.0 Å². The number of methoxy groups -OCH3 is 3. The lowest BCUT2D eigenvalue weighted by Crippen LogP contribution is -2.49. The van der Waals surface area contributed by atoms with E-state index in [2.05, 4.69) is 34.1 Å². The van der Waals surface area contributed by atoms with E-state index in [0.717, 1.165) is 55.3 Å². The Morgan fingerprint density at radius 1 is 0.795 bits per heavy atom. The molecule has 2 heterocycles. The van der Waals surface area contributed by atoms with Crippen molar-refractivity contribution in [1.29, 1.82) is 0 Å². The Balaban J connectivity index is 1.33. The average molecular weight is 529 g/mol. The van der Waals surface area contributed by atoms with E-state index in [9.17, 15) is 4.79 Å². The lowest BCUT2D eigenvalue weighted by molar-refractivity contribution is -0.134. The minimum Gasteiger partial charge on any atom is -0.496 e. The fourth-order valence-electron chi connectivity index (χ4n) is 5.33. The fraction of sp³-hybridized carbons (Fsp3) is 0.355. The number of nitrogens with zero attached hydrogens (tertiary/aromatic N) is 4. The molecule has 0 aliphatic carbocycles. The van der Waals surface area contributed by atoms with Crippen molar-refractivity contribution in [1.82, 2.24) is 14.8 Å². The molecule has 5 rings (SSSR count). The molecule has 0 bridgehead atoms. The second kappa shape index (κ2) is 12.3. The van der Waals surface area contributed by atoms with E-state index in [0.29, 0.717) is 24.5 Å². The number of hydrogen-bond donors (Lipinski definition) is 0. The maximum Gasteiger partial charge on any atom is 0.257 e. The highest BCUT2D eigenvalue weighted by molar-refractivity contribution is 6.03. The minimum atomic E-state index is -0.254. The van der Waals surface area contributed by atoms with Crippen molar-refractivity contribution in [3.8, 4) is 17.2 Å². The molecule has 0 spiro atoms. The predicted octanol–water partition coefficient (Wildman–Crippen LogP) is 4.21. The van der Waals surface area contributed by atoms with Crippen LogP contribution in [0.2, 0.25) is 0 Å². The van der Waals surface area contributed by atoms with Crippen molar-refractivity contribution < 1.29 is 19.0 Å². The van der Waals surface area contributed by atoms with Gasteiger partial charge >= 0.3 is 0 Å². The zero-order chi connectivity index (χ0) is 27.2. The summed E-state index contributed by atoms with van der Waals surface area (Å²) >= 11 is 0. The molecule has 0 aromatic heterocycles. The first-order valence-corrected chi connectivity index (χ1v) is 13.3. The third kappa shape index (κ3) is 6.08. The van der Waals surface area contributed by atoms with Crippen LogP contribution in [0.15, 0.2) is 77.9 Å². The molecule has 204 valence electrons. The average Bonchev–Trinajstić information content (AvgIpc) is 3.44. The molecule has 1 fully saturated rings. The number of hydrazone groups is 1. The highest BCUT2D eigenvalue weighted by Gasteiger charge is 2.36. The zero-order valence-electron chi connectivity index (χ0n) is 22.9. The van der Waals surface area contributed by atoms with E-state index in [4.69, 9.17) is 19.3 Å². The van der Waals surface area contributed by atoms with Gasteiger partial charge in [0.1, 0.15) is 5.75 Å². The summed E-state index contributed by atoms with van der Waals surface area (Å²) in [5.74, 6) is 2.02. The molecule has 1 saturated heterocycles. The second-order valence-corrected chi connectivity index (χ2v) is 9.85. The van der Waals surface area contributed by atoms with Crippen LogP contribution in [0.1, 0.15) is 29.2 Å². The Labute approximate surface area is 230 Å². The number of carbonyl (C=O) groups excluding carboxylic acids is 1. The lowest BCUT2D eigenvalue weighted by atomic mass is 9.97. The third-order valence-corrected chi connectivity index (χ3v) is 7.45. The smallest absolute Gasteiger partial charge is 0.257 e. The van der Waals surface area contributed by atoms with Crippen LogP contribution in [0, 0.1) is 0 Å². The molecule has 0 saturated carbocycles. The molecule has 2 aliphatic rings. The quantitative estimate of drug-likeness (QED) is 0.415. The van der Waals surface area contributed by atoms with E-state index < -0.39 is 0 Å². The summed E-state index contributed by atoms with van der Waals surface area (Å²) in [4.78, 5) is 18.4. The van der Waals surface area contributed by atoms with Gasteiger partial charge in [-0.3, -0.25) is 14.6 Å². The maximum atomic E-state index is 13.7. The molecule has 8 heteroatoms. The SMILES string of the molecule is COc1ccc(C2=NN(C(=O)CN3CCN(Cc4ccccc4)CC3)[C@@H](c3ccccc3OC)C2)cc1OC. The first kappa shape index (κ1) is 26.7. The van der Waals surface area contributed by atoms with Crippen LogP contribution >= 0.6 is 0 Å². The summed E-state index contributed by atoms with van der Waals surface area (Å²) in [5.41, 5.74) is 3.99. The number of para-hydroxylation sites is 1. The van der Waals surface area contributed by atoms with Gasteiger partial charge in [-0.2, -0.15) is 5.10 Å². The molecule has 39 heavy (non-hydrogen) atoms. The van der Waals surface area contributed by atoms with Gasteiger partial charge in [0.05, 0.1) is 39.6 Å². The van der Waals surface area contributed by atoms with Crippen LogP contribution in [0.3, 0.4) is 0 Å². The molecule has 0 N–H and O–H groups in total. The molecule has 0 unspecified atom stereocenters. The molecule has 8 nitrogen and oxygen atoms in total. The number of rotatable bonds is 9. The molecule has 1 atom stereocenters. The van der Waals surface area contributed by atoms with Crippen molar-refractivity contribution in [2.24, 2.45) is 5.10 Å². The largest absolute Gasteiger partial charge is 0.496 e. The van der Waals surface area contributed by atoms with Crippen LogP contribution in [0.4, 0.5) is 0 Å². The number of piperazine rings is 1. The van der Waals surface area contributed by atoms with E-state index in [1.54, 1.807) is 26.3 Å². The standard InChI is InChI=1S/C31H36N4O4/c1-37-28-12-8-7-11-25(28)27-20-26(24-13-14-29(38-2)30(19-24)39-3)32-35(27)31(36)22-34-17-15-33(16-18-34)21-23-9-5-4-6-10-23/h4-14,19,27H,15-18,20-22H2,1-3H3/t27-/m1/s1. The van der Waals surface area contributed by atoms with Gasteiger partial charge in [-0.15, -0.1) is 0 Å². The first-order chi connectivity index (χ1) is 19.1. The normalized spacial score (nSPS) is 18.1. The molecular formula is C31H36N4O4. The maximum absolute atomic E-state index is 13.7. The molecule has 0 radical (unpaired) electrons. The topological polar surface area (TPSA) is 66.8 Å². The number of benzene rings is 3. The number of hydrogen-bond acceptors (Lipinski definition) is 7. The molecular weight excluding hydrogens is 492 g/mol. The van der Waals surface area contributed by atoms with E-state index in [1.165, 1.54) is 5.56 Å². The second-order valence-electron chi connectivity index (χ2n) is 9.85. The number of carbonyl (C=O) groups is 1. The monoisotopic (exact) mass is 528 g/mol. The van der Waals surface area contributed by atoms with Gasteiger partial charge in [0.15, 0.2) is 11.5 Å². The Hall–Kier alpha value is -3.88. The minimum absolute atomic E-state index is 0.0158. The van der Waals surface area contributed by atoms with Gasteiger partial charge in [-0.25, -0.2) is 5.01 Å². The van der Waals surface area contributed by atoms with Gasteiger partial charge in [0.25, 0.3) is 5.91 Å². The van der Waals surface area contributed by atoms with Crippen LogP contribution in [0.5, 0.6) is 17.2 Å². The van der Waals surface area contributed by atoms with E-state index >= 15 is 0 Å². The van der Waals surface area contributed by atoms with Crippen molar-refractivity contribution in [3.63, 3.8) is 0 Å². The molecule has 2 aliphatic heterocycles. The lowest BCUT2D eigenvalue weighted by Gasteiger charge is -2.35. The Morgan fingerprint density at radius 3 is 2.18 bits per heavy atom. The van der Waals surface area contributed by atoms with Crippen LogP contribution in [-0.2, 0) is 11.3 Å². The molecule has 3 aromatic carbocycles. The number of amides is 1. The Kier molecular flexibility index (Phi) is 8.44. The summed E-state index contributed by atoms with van der Waals surface area (Å²) in [5, 5.41) is 6.52. The highest BCUT2D eigenvalue weighted by Crippen LogP contribution is 2.38. The summed E-state index contributed by atoms with van der Waals surface area (Å²) in [6.45, 7) is 4.81. The van der Waals surface area contributed by atoms with Gasteiger partial charge in [-0.1, -0.05) is 48.5 Å².